The number of halogens is 1. The van der Waals surface area contributed by atoms with Crippen molar-refractivity contribution in [3.05, 3.63) is 71.4 Å². The first-order valence-electron chi connectivity index (χ1n) is 11.2. The highest BCUT2D eigenvalue weighted by Crippen LogP contribution is 2.18. The molecule has 6 nitrogen and oxygen atoms in total. The van der Waals surface area contributed by atoms with E-state index in [0.29, 0.717) is 19.5 Å². The second-order valence-electron chi connectivity index (χ2n) is 7.97. The zero-order chi connectivity index (χ0) is 21.5. The lowest BCUT2D eigenvalue weighted by Crippen LogP contribution is -2.38. The first-order valence-corrected chi connectivity index (χ1v) is 11.2. The van der Waals surface area contributed by atoms with E-state index in [9.17, 15) is 4.79 Å². The number of likely N-dealkylation sites (tertiary alicyclic amines) is 1. The lowest BCUT2D eigenvalue weighted by molar-refractivity contribution is -0.128. The van der Waals surface area contributed by atoms with E-state index in [2.05, 4.69) is 77.3 Å². The van der Waals surface area contributed by atoms with E-state index in [1.807, 2.05) is 4.90 Å². The molecule has 1 amide bonds. The van der Waals surface area contributed by atoms with Gasteiger partial charge in [-0.3, -0.25) is 4.79 Å². The normalized spacial score (nSPS) is 14.0. The van der Waals surface area contributed by atoms with E-state index in [0.717, 1.165) is 44.0 Å². The van der Waals surface area contributed by atoms with Crippen molar-refractivity contribution in [3.63, 3.8) is 0 Å². The summed E-state index contributed by atoms with van der Waals surface area (Å²) in [5.74, 6) is 1.08. The van der Waals surface area contributed by atoms with Gasteiger partial charge in [0.15, 0.2) is 5.96 Å². The molecule has 170 valence electrons. The van der Waals surface area contributed by atoms with Gasteiger partial charge in [-0.05, 0) is 42.5 Å². The maximum Gasteiger partial charge on any atom is 0.222 e. The van der Waals surface area contributed by atoms with E-state index in [1.165, 1.54) is 22.0 Å². The van der Waals surface area contributed by atoms with Crippen molar-refractivity contribution in [2.24, 2.45) is 4.99 Å². The van der Waals surface area contributed by atoms with Crippen LogP contribution in [0.2, 0.25) is 0 Å². The quantitative estimate of drug-likeness (QED) is 0.226. The summed E-state index contributed by atoms with van der Waals surface area (Å²) in [5.41, 5.74) is 4.80. The molecule has 1 fully saturated rings. The Morgan fingerprint density at radius 2 is 1.97 bits per heavy atom. The third kappa shape index (κ3) is 6.25. The summed E-state index contributed by atoms with van der Waals surface area (Å²) in [4.78, 5) is 21.9. The molecule has 4 rings (SSSR count). The maximum atomic E-state index is 11.9. The number of carbonyl (C=O) groups is 1. The van der Waals surface area contributed by atoms with Gasteiger partial charge in [-0.15, -0.1) is 24.0 Å². The van der Waals surface area contributed by atoms with Gasteiger partial charge in [0, 0.05) is 49.7 Å². The summed E-state index contributed by atoms with van der Waals surface area (Å²) in [6.45, 7) is 5.86. The fourth-order valence-corrected chi connectivity index (χ4v) is 4.08. The number of nitrogens with one attached hydrogen (secondary N) is 3. The molecule has 2 aromatic carbocycles. The minimum absolute atomic E-state index is 0. The number of guanidine groups is 1. The molecular formula is C25H32IN5O. The third-order valence-electron chi connectivity index (χ3n) is 5.66. The van der Waals surface area contributed by atoms with E-state index in [-0.39, 0.29) is 29.9 Å². The number of amides is 1. The number of hydrogen-bond acceptors (Lipinski definition) is 2. The number of aromatic nitrogens is 1. The molecule has 7 heteroatoms. The fraction of sp³-hybridized carbons (Fsp3) is 0.360. The predicted molar refractivity (Wildman–Crippen MR) is 141 cm³/mol. The van der Waals surface area contributed by atoms with Crippen LogP contribution in [0.25, 0.3) is 10.9 Å². The Bertz CT molecular complexity index is 1060. The van der Waals surface area contributed by atoms with Crippen molar-refractivity contribution in [3.8, 4) is 0 Å². The molecule has 0 spiro atoms. The number of fused-ring (bicyclic) bond motifs is 1. The van der Waals surface area contributed by atoms with Gasteiger partial charge in [-0.1, -0.05) is 42.5 Å². The van der Waals surface area contributed by atoms with Gasteiger partial charge in [-0.25, -0.2) is 4.99 Å². The standard InChI is InChI=1S/C25H31N5O.HI/c1-2-26-25(27-13-12-21-17-28-23-10-4-3-9-22(21)23)29-16-19-7-5-8-20(15-19)18-30-14-6-11-24(30)31;/h3-5,7-10,15,17,28H,2,6,11-14,16,18H2,1H3,(H2,26,27,29);1H. The average Bonchev–Trinajstić information content (AvgIpc) is 3.38. The highest BCUT2D eigenvalue weighted by Gasteiger charge is 2.19. The number of aromatic amines is 1. The Labute approximate surface area is 206 Å². The molecule has 0 unspecified atom stereocenters. The Balaban J connectivity index is 0.00000289. The van der Waals surface area contributed by atoms with Crippen molar-refractivity contribution in [2.75, 3.05) is 19.6 Å². The number of rotatable bonds is 8. The number of carbonyl (C=O) groups excluding carboxylic acids is 1. The van der Waals surface area contributed by atoms with E-state index >= 15 is 0 Å². The van der Waals surface area contributed by atoms with Gasteiger partial charge < -0.3 is 20.5 Å². The average molecular weight is 545 g/mol. The van der Waals surface area contributed by atoms with E-state index in [1.54, 1.807) is 0 Å². The molecule has 0 radical (unpaired) electrons. The molecular weight excluding hydrogens is 513 g/mol. The predicted octanol–water partition coefficient (Wildman–Crippen LogP) is 4.21. The zero-order valence-electron chi connectivity index (χ0n) is 18.6. The van der Waals surface area contributed by atoms with Gasteiger partial charge in [-0.2, -0.15) is 0 Å². The number of nitrogens with zero attached hydrogens (tertiary/aromatic N) is 2. The molecule has 1 aliphatic rings. The number of benzene rings is 2. The topological polar surface area (TPSA) is 72.5 Å². The van der Waals surface area contributed by atoms with Crippen LogP contribution in [-0.2, 0) is 24.3 Å². The van der Waals surface area contributed by atoms with Crippen molar-refractivity contribution < 1.29 is 4.79 Å². The molecule has 2 heterocycles. The van der Waals surface area contributed by atoms with Crippen LogP contribution in [0, 0.1) is 0 Å². The van der Waals surface area contributed by atoms with Gasteiger partial charge in [0.2, 0.25) is 5.91 Å². The van der Waals surface area contributed by atoms with Crippen LogP contribution >= 0.6 is 24.0 Å². The number of aliphatic imine (C=N–C) groups is 1. The molecule has 0 aliphatic carbocycles. The lowest BCUT2D eigenvalue weighted by Gasteiger charge is -2.16. The number of H-pyrrole nitrogens is 1. The second-order valence-corrected chi connectivity index (χ2v) is 7.97. The largest absolute Gasteiger partial charge is 0.361 e. The monoisotopic (exact) mass is 545 g/mol. The summed E-state index contributed by atoms with van der Waals surface area (Å²) in [6, 6.07) is 16.8. The molecule has 3 N–H and O–H groups in total. The second kappa shape index (κ2) is 11.9. The highest BCUT2D eigenvalue weighted by atomic mass is 127. The Kier molecular flexibility index (Phi) is 8.96. The highest BCUT2D eigenvalue weighted by molar-refractivity contribution is 14.0. The van der Waals surface area contributed by atoms with Gasteiger partial charge in [0.05, 0.1) is 6.54 Å². The Hall–Kier alpha value is -2.55. The Morgan fingerprint density at radius 3 is 2.78 bits per heavy atom. The fourth-order valence-electron chi connectivity index (χ4n) is 4.08. The summed E-state index contributed by atoms with van der Waals surface area (Å²) in [6.07, 6.45) is 4.67. The maximum absolute atomic E-state index is 11.9. The molecule has 1 aromatic heterocycles. The third-order valence-corrected chi connectivity index (χ3v) is 5.66. The minimum Gasteiger partial charge on any atom is -0.361 e. The first kappa shape index (κ1) is 24.1. The van der Waals surface area contributed by atoms with Crippen LogP contribution < -0.4 is 10.6 Å². The van der Waals surface area contributed by atoms with Crippen LogP contribution in [-0.4, -0.2) is 41.4 Å². The van der Waals surface area contributed by atoms with Gasteiger partial charge >= 0.3 is 0 Å². The van der Waals surface area contributed by atoms with Crippen LogP contribution in [0.5, 0.6) is 0 Å². The SMILES string of the molecule is CCNC(=NCc1cccc(CN2CCCC2=O)c1)NCCc1c[nH]c2ccccc12.I. The molecule has 0 bridgehead atoms. The molecule has 32 heavy (non-hydrogen) atoms. The summed E-state index contributed by atoms with van der Waals surface area (Å²) >= 11 is 0. The van der Waals surface area contributed by atoms with Crippen LogP contribution in [0.4, 0.5) is 0 Å². The smallest absolute Gasteiger partial charge is 0.222 e. The van der Waals surface area contributed by atoms with Gasteiger partial charge in [0.25, 0.3) is 0 Å². The van der Waals surface area contributed by atoms with E-state index < -0.39 is 0 Å². The van der Waals surface area contributed by atoms with Crippen LogP contribution in [0.15, 0.2) is 59.7 Å². The van der Waals surface area contributed by atoms with Gasteiger partial charge in [0.1, 0.15) is 0 Å². The number of hydrogen-bond donors (Lipinski definition) is 3. The summed E-state index contributed by atoms with van der Waals surface area (Å²) in [7, 11) is 0. The molecule has 1 aliphatic heterocycles. The van der Waals surface area contributed by atoms with Crippen molar-refractivity contribution >= 4 is 46.7 Å². The number of para-hydroxylation sites is 1. The summed E-state index contributed by atoms with van der Waals surface area (Å²) in [5, 5.41) is 8.05. The van der Waals surface area contributed by atoms with Crippen LogP contribution in [0.1, 0.15) is 36.5 Å². The van der Waals surface area contributed by atoms with E-state index in [4.69, 9.17) is 4.99 Å². The summed E-state index contributed by atoms with van der Waals surface area (Å²) < 4.78 is 0. The molecule has 3 aromatic rings. The minimum atomic E-state index is 0. The van der Waals surface area contributed by atoms with Crippen molar-refractivity contribution in [1.82, 2.24) is 20.5 Å². The molecule has 0 atom stereocenters. The zero-order valence-corrected chi connectivity index (χ0v) is 20.9. The lowest BCUT2D eigenvalue weighted by atomic mass is 10.1. The molecule has 0 saturated carbocycles. The Morgan fingerprint density at radius 1 is 1.12 bits per heavy atom. The van der Waals surface area contributed by atoms with Crippen LogP contribution in [0.3, 0.4) is 0 Å². The molecule has 1 saturated heterocycles. The van der Waals surface area contributed by atoms with Crippen molar-refractivity contribution in [1.29, 1.82) is 0 Å². The van der Waals surface area contributed by atoms with Crippen molar-refractivity contribution in [2.45, 2.75) is 39.3 Å². The first-order chi connectivity index (χ1) is 15.2.